The van der Waals surface area contributed by atoms with Gasteiger partial charge >= 0.3 is 0 Å². The zero-order valence-corrected chi connectivity index (χ0v) is 14.0. The Balaban J connectivity index is 1.72. The van der Waals surface area contributed by atoms with E-state index in [1.807, 2.05) is 23.1 Å². The van der Waals surface area contributed by atoms with Crippen molar-refractivity contribution in [2.45, 2.75) is 38.1 Å². The monoisotopic (exact) mass is 337 g/mol. The third-order valence-electron chi connectivity index (χ3n) is 4.91. The molecular weight excluding hydrogens is 320 g/mol. The van der Waals surface area contributed by atoms with E-state index in [-0.39, 0.29) is 6.04 Å². The van der Waals surface area contributed by atoms with E-state index in [9.17, 15) is 5.26 Å². The molecule has 0 N–H and O–H groups in total. The lowest BCUT2D eigenvalue weighted by Crippen LogP contribution is -2.17. The van der Waals surface area contributed by atoms with Crippen LogP contribution < -0.4 is 0 Å². The van der Waals surface area contributed by atoms with E-state index in [1.54, 1.807) is 10.2 Å². The summed E-state index contributed by atoms with van der Waals surface area (Å²) in [5.74, 6) is 0.538. The Kier molecular flexibility index (Phi) is 3.90. The van der Waals surface area contributed by atoms with Crippen molar-refractivity contribution in [2.24, 2.45) is 5.92 Å². The minimum Gasteiger partial charge on any atom is -0.686 e. The van der Waals surface area contributed by atoms with Gasteiger partial charge in [0.1, 0.15) is 12.0 Å². The summed E-state index contributed by atoms with van der Waals surface area (Å²) in [4.78, 5) is 8.66. The highest BCUT2D eigenvalue weighted by atomic mass is 32.1. The summed E-state index contributed by atoms with van der Waals surface area (Å²) in [6, 6.07) is 4.40. The largest absolute Gasteiger partial charge is 0.686 e. The van der Waals surface area contributed by atoms with Crippen LogP contribution in [0.3, 0.4) is 0 Å². The van der Waals surface area contributed by atoms with Crippen LogP contribution in [0.2, 0.25) is 0 Å². The van der Waals surface area contributed by atoms with Crippen molar-refractivity contribution < 1.29 is 0 Å². The van der Waals surface area contributed by atoms with Gasteiger partial charge in [-0.05, 0) is 31.0 Å². The lowest BCUT2D eigenvalue weighted by Gasteiger charge is -2.21. The Hall–Kier alpha value is -2.46. The fraction of sp³-hybridized carbons (Fsp3) is 0.412. The standard InChI is InChI=1S/C17H17N6S/c18-7-5-15(12-3-1-2-4-12)22-10-13(9-21-22)16-14-6-8-23(24)17(14)20-11-19-16/h6,8-12,15H,1-5H2/q-1. The van der Waals surface area contributed by atoms with Gasteiger partial charge < -0.3 is 16.8 Å². The van der Waals surface area contributed by atoms with Crippen LogP contribution in [-0.2, 0) is 12.8 Å². The maximum Gasteiger partial charge on any atom is 0.124 e. The van der Waals surface area contributed by atoms with Gasteiger partial charge in [0, 0.05) is 17.1 Å². The Labute approximate surface area is 145 Å². The molecule has 7 heteroatoms. The number of nitriles is 1. The Morgan fingerprint density at radius 3 is 2.96 bits per heavy atom. The minimum atomic E-state index is 0.145. The normalized spacial score (nSPS) is 16.5. The SMILES string of the molecule is N#CCC(C1CCCC1)n1cc(-c2ncnc3c2ccn3[S-])cn1. The average molecular weight is 337 g/mol. The van der Waals surface area contributed by atoms with Crippen LogP contribution in [0, 0.1) is 17.2 Å². The van der Waals surface area contributed by atoms with Gasteiger partial charge in [0.05, 0.1) is 30.4 Å². The van der Waals surface area contributed by atoms with Gasteiger partial charge in [-0.1, -0.05) is 12.8 Å². The zero-order chi connectivity index (χ0) is 16.5. The molecule has 0 aliphatic heterocycles. The first-order valence-corrected chi connectivity index (χ1v) is 8.55. The molecule has 0 amide bonds. The molecule has 1 unspecified atom stereocenters. The molecule has 1 atom stereocenters. The summed E-state index contributed by atoms with van der Waals surface area (Å²) >= 11 is 5.22. The van der Waals surface area contributed by atoms with Crippen LogP contribution in [0.1, 0.15) is 38.1 Å². The van der Waals surface area contributed by atoms with Crippen molar-refractivity contribution in [3.63, 3.8) is 0 Å². The van der Waals surface area contributed by atoms with E-state index in [1.165, 1.54) is 32.0 Å². The molecule has 1 saturated carbocycles. The second kappa shape index (κ2) is 6.21. The van der Waals surface area contributed by atoms with E-state index in [2.05, 4.69) is 21.1 Å². The fourth-order valence-corrected chi connectivity index (χ4v) is 3.92. The van der Waals surface area contributed by atoms with Crippen LogP contribution in [0.4, 0.5) is 0 Å². The van der Waals surface area contributed by atoms with E-state index in [0.717, 1.165) is 22.3 Å². The van der Waals surface area contributed by atoms with Crippen molar-refractivity contribution in [1.29, 1.82) is 5.26 Å². The van der Waals surface area contributed by atoms with Gasteiger partial charge in [-0.3, -0.25) is 4.68 Å². The molecule has 3 aromatic heterocycles. The molecule has 0 spiro atoms. The average Bonchev–Trinajstić information content (AvgIpc) is 3.34. The van der Waals surface area contributed by atoms with Crippen molar-refractivity contribution in [1.82, 2.24) is 23.7 Å². The number of fused-ring (bicyclic) bond motifs is 1. The smallest absolute Gasteiger partial charge is 0.124 e. The third kappa shape index (κ3) is 2.53. The number of nitrogens with zero attached hydrogens (tertiary/aromatic N) is 6. The molecule has 24 heavy (non-hydrogen) atoms. The highest BCUT2D eigenvalue weighted by Gasteiger charge is 2.27. The first-order chi connectivity index (χ1) is 11.8. The van der Waals surface area contributed by atoms with Crippen LogP contribution in [0.15, 0.2) is 31.0 Å². The summed E-state index contributed by atoms with van der Waals surface area (Å²) in [6.45, 7) is 0. The van der Waals surface area contributed by atoms with E-state index >= 15 is 0 Å². The molecule has 0 radical (unpaired) electrons. The maximum absolute atomic E-state index is 9.20. The predicted octanol–water partition coefficient (Wildman–Crippen LogP) is 3.25. The van der Waals surface area contributed by atoms with Crippen molar-refractivity contribution in [3.05, 3.63) is 31.0 Å². The predicted molar refractivity (Wildman–Crippen MR) is 92.7 cm³/mol. The van der Waals surface area contributed by atoms with Crippen LogP contribution in [0.5, 0.6) is 0 Å². The van der Waals surface area contributed by atoms with Crippen molar-refractivity contribution >= 4 is 23.8 Å². The lowest BCUT2D eigenvalue weighted by atomic mass is 9.96. The lowest BCUT2D eigenvalue weighted by molar-refractivity contribution is 0.315. The van der Waals surface area contributed by atoms with Crippen LogP contribution in [-0.4, -0.2) is 23.7 Å². The maximum atomic E-state index is 9.20. The molecular formula is C17H17N6S-. The van der Waals surface area contributed by atoms with Gasteiger partial charge in [-0.25, -0.2) is 9.97 Å². The molecule has 3 heterocycles. The Bertz CT molecular complexity index is 899. The molecule has 0 aromatic carbocycles. The number of rotatable bonds is 4. The number of hydrogen-bond donors (Lipinski definition) is 0. The van der Waals surface area contributed by atoms with Gasteiger partial charge in [0.25, 0.3) is 0 Å². The summed E-state index contributed by atoms with van der Waals surface area (Å²) in [6.07, 6.45) is 12.5. The van der Waals surface area contributed by atoms with Crippen LogP contribution in [0.25, 0.3) is 22.3 Å². The summed E-state index contributed by atoms with van der Waals surface area (Å²) in [5.41, 5.74) is 2.49. The number of hydrogen-bond acceptors (Lipinski definition) is 5. The molecule has 3 aromatic rings. The van der Waals surface area contributed by atoms with E-state index < -0.39 is 0 Å². The second-order valence-corrected chi connectivity index (χ2v) is 6.68. The molecule has 1 fully saturated rings. The minimum absolute atomic E-state index is 0.145. The van der Waals surface area contributed by atoms with Gasteiger partial charge in [-0.15, -0.1) is 0 Å². The van der Waals surface area contributed by atoms with Crippen molar-refractivity contribution in [3.8, 4) is 17.3 Å². The van der Waals surface area contributed by atoms with E-state index in [0.29, 0.717) is 12.3 Å². The molecule has 122 valence electrons. The van der Waals surface area contributed by atoms with Crippen molar-refractivity contribution in [2.75, 3.05) is 0 Å². The summed E-state index contributed by atoms with van der Waals surface area (Å²) < 4.78 is 3.52. The first kappa shape index (κ1) is 15.1. The van der Waals surface area contributed by atoms with Crippen LogP contribution >= 0.6 is 0 Å². The molecule has 1 aliphatic rings. The number of aromatic nitrogens is 5. The molecule has 0 saturated heterocycles. The van der Waals surface area contributed by atoms with Gasteiger partial charge in [-0.2, -0.15) is 10.4 Å². The van der Waals surface area contributed by atoms with Gasteiger partial charge in [0.2, 0.25) is 0 Å². The van der Waals surface area contributed by atoms with Gasteiger partial charge in [0.15, 0.2) is 0 Å². The van der Waals surface area contributed by atoms with E-state index in [4.69, 9.17) is 12.8 Å². The Morgan fingerprint density at radius 1 is 1.33 bits per heavy atom. The first-order valence-electron chi connectivity index (χ1n) is 8.19. The third-order valence-corrected chi connectivity index (χ3v) is 5.20. The topological polar surface area (TPSA) is 72.3 Å². The fourth-order valence-electron chi connectivity index (χ4n) is 3.71. The Morgan fingerprint density at radius 2 is 2.17 bits per heavy atom. The molecule has 6 nitrogen and oxygen atoms in total. The molecule has 0 bridgehead atoms. The highest BCUT2D eigenvalue weighted by molar-refractivity contribution is 7.57. The quantitative estimate of drug-likeness (QED) is 0.683. The molecule has 4 rings (SSSR count). The molecule has 1 aliphatic carbocycles. The second-order valence-electron chi connectivity index (χ2n) is 6.28. The zero-order valence-electron chi connectivity index (χ0n) is 13.2. The highest BCUT2D eigenvalue weighted by Crippen LogP contribution is 2.36. The summed E-state index contributed by atoms with van der Waals surface area (Å²) in [7, 11) is 0. The summed E-state index contributed by atoms with van der Waals surface area (Å²) in [5, 5.41) is 14.7.